The lowest BCUT2D eigenvalue weighted by Crippen LogP contribution is -2.56. The first kappa shape index (κ1) is 24.6. The highest BCUT2D eigenvalue weighted by Crippen LogP contribution is 2.37. The van der Waals surface area contributed by atoms with Crippen LogP contribution in [0.15, 0.2) is 24.4 Å². The van der Waals surface area contributed by atoms with E-state index in [-0.39, 0.29) is 23.0 Å². The molecule has 0 bridgehead atoms. The van der Waals surface area contributed by atoms with Crippen LogP contribution < -0.4 is 5.32 Å². The van der Waals surface area contributed by atoms with Crippen molar-refractivity contribution in [2.75, 3.05) is 38.2 Å². The van der Waals surface area contributed by atoms with E-state index < -0.39 is 6.10 Å². The Morgan fingerprint density at radius 1 is 1.14 bits per heavy atom. The van der Waals surface area contributed by atoms with Crippen LogP contribution in [0.2, 0.25) is 0 Å². The van der Waals surface area contributed by atoms with Crippen molar-refractivity contribution in [1.29, 1.82) is 0 Å². The van der Waals surface area contributed by atoms with Crippen LogP contribution in [0.1, 0.15) is 63.5 Å². The lowest BCUT2D eigenvalue weighted by Gasteiger charge is -2.44. The fraction of sp³-hybridized carbons (Fsp3) is 0.643. The number of piperidine rings is 1. The molecule has 4 heterocycles. The number of carbonyl (C=O) groups excluding carboxylic acids is 1. The number of nitrogens with zero attached hydrogens (tertiary/aromatic N) is 2. The Morgan fingerprint density at radius 2 is 1.91 bits per heavy atom. The van der Waals surface area contributed by atoms with Crippen molar-refractivity contribution in [3.8, 4) is 0 Å². The van der Waals surface area contributed by atoms with Crippen molar-refractivity contribution in [2.45, 2.75) is 76.5 Å². The number of aryl methyl sites for hydroxylation is 1. The van der Waals surface area contributed by atoms with Gasteiger partial charge in [-0.15, -0.1) is 0 Å². The maximum absolute atomic E-state index is 12.9. The molecule has 2 N–H and O–H groups in total. The standard InChI is InChI=1S/C28H39N3O4/c1-18-11-22-15-29-25(30-26(33)20-7-10-35-27(2,3)14-20)13-21(22)12-23(18)19-5-8-31(9-6-19)28(4)17-34-16-24(28)32/h11-13,15,19-20,24,32H,5-10,14,16-17H2,1-4H3,(H,29,30,33)/t20-,24-,28+/m1/s1. The molecule has 3 saturated heterocycles. The Bertz CT molecular complexity index is 1100. The van der Waals surface area contributed by atoms with Crippen LogP contribution >= 0.6 is 0 Å². The molecule has 3 fully saturated rings. The number of fused-ring (bicyclic) bond motifs is 1. The number of rotatable bonds is 4. The predicted octanol–water partition coefficient (Wildman–Crippen LogP) is 4.02. The number of aliphatic hydroxyl groups excluding tert-OH is 1. The summed E-state index contributed by atoms with van der Waals surface area (Å²) >= 11 is 0. The highest BCUT2D eigenvalue weighted by Gasteiger charge is 2.45. The molecular formula is C28H39N3O4. The highest BCUT2D eigenvalue weighted by molar-refractivity contribution is 5.94. The maximum Gasteiger partial charge on any atom is 0.228 e. The number of pyridine rings is 1. The summed E-state index contributed by atoms with van der Waals surface area (Å²) < 4.78 is 11.3. The van der Waals surface area contributed by atoms with Gasteiger partial charge in [-0.3, -0.25) is 9.69 Å². The Kier molecular flexibility index (Phi) is 6.64. The molecular weight excluding hydrogens is 442 g/mol. The first-order valence-corrected chi connectivity index (χ1v) is 13.0. The molecule has 7 heteroatoms. The number of ether oxygens (including phenoxy) is 2. The van der Waals surface area contributed by atoms with Gasteiger partial charge in [0.15, 0.2) is 0 Å². The third-order valence-corrected chi connectivity index (χ3v) is 8.47. The van der Waals surface area contributed by atoms with E-state index in [0.29, 0.717) is 31.6 Å². The Hall–Kier alpha value is -2.06. The van der Waals surface area contributed by atoms with Gasteiger partial charge in [0, 0.05) is 24.1 Å². The van der Waals surface area contributed by atoms with Crippen molar-refractivity contribution in [3.05, 3.63) is 35.5 Å². The molecule has 1 amide bonds. The fourth-order valence-corrected chi connectivity index (χ4v) is 6.17. The molecule has 7 nitrogen and oxygen atoms in total. The lowest BCUT2D eigenvalue weighted by molar-refractivity contribution is -0.130. The Labute approximate surface area is 208 Å². The van der Waals surface area contributed by atoms with Crippen LogP contribution in [0.3, 0.4) is 0 Å². The molecule has 3 aliphatic rings. The molecule has 2 aromatic rings. The van der Waals surface area contributed by atoms with Gasteiger partial charge in [0.1, 0.15) is 5.82 Å². The minimum Gasteiger partial charge on any atom is -0.389 e. The summed E-state index contributed by atoms with van der Waals surface area (Å²) in [6.07, 6.45) is 5.02. The van der Waals surface area contributed by atoms with Gasteiger partial charge in [-0.2, -0.15) is 0 Å². The van der Waals surface area contributed by atoms with Gasteiger partial charge in [0.25, 0.3) is 0 Å². The van der Waals surface area contributed by atoms with E-state index >= 15 is 0 Å². The summed E-state index contributed by atoms with van der Waals surface area (Å²) in [5, 5.41) is 15.7. The van der Waals surface area contributed by atoms with E-state index in [1.165, 1.54) is 11.1 Å². The van der Waals surface area contributed by atoms with Crippen molar-refractivity contribution < 1.29 is 19.4 Å². The normalized spacial score (nSPS) is 30.0. The molecule has 3 aliphatic heterocycles. The summed E-state index contributed by atoms with van der Waals surface area (Å²) in [6, 6.07) is 6.50. The summed E-state index contributed by atoms with van der Waals surface area (Å²) in [6.45, 7) is 11.9. The van der Waals surface area contributed by atoms with Gasteiger partial charge < -0.3 is 19.9 Å². The highest BCUT2D eigenvalue weighted by atomic mass is 16.5. The lowest BCUT2D eigenvalue weighted by atomic mass is 9.83. The second-order valence-corrected chi connectivity index (χ2v) is 11.6. The number of hydrogen-bond donors (Lipinski definition) is 2. The van der Waals surface area contributed by atoms with Crippen LogP contribution in [-0.4, -0.2) is 71.1 Å². The van der Waals surface area contributed by atoms with E-state index in [1.807, 2.05) is 26.1 Å². The summed E-state index contributed by atoms with van der Waals surface area (Å²) in [4.78, 5) is 19.8. The first-order valence-electron chi connectivity index (χ1n) is 13.0. The van der Waals surface area contributed by atoms with Crippen molar-refractivity contribution in [2.24, 2.45) is 5.92 Å². The van der Waals surface area contributed by atoms with E-state index in [0.717, 1.165) is 49.5 Å². The van der Waals surface area contributed by atoms with Crippen LogP contribution in [0.4, 0.5) is 5.82 Å². The van der Waals surface area contributed by atoms with E-state index in [1.54, 1.807) is 0 Å². The smallest absolute Gasteiger partial charge is 0.228 e. The van der Waals surface area contributed by atoms with Gasteiger partial charge in [-0.25, -0.2) is 4.98 Å². The number of likely N-dealkylation sites (tertiary alicyclic amines) is 1. The topological polar surface area (TPSA) is 83.9 Å². The Balaban J connectivity index is 1.29. The largest absolute Gasteiger partial charge is 0.389 e. The van der Waals surface area contributed by atoms with Gasteiger partial charge in [0.05, 0.1) is 30.5 Å². The molecule has 3 atom stereocenters. The van der Waals surface area contributed by atoms with Gasteiger partial charge >= 0.3 is 0 Å². The molecule has 35 heavy (non-hydrogen) atoms. The zero-order valence-corrected chi connectivity index (χ0v) is 21.5. The van der Waals surface area contributed by atoms with Crippen LogP contribution in [0.25, 0.3) is 10.8 Å². The number of nitrogens with one attached hydrogen (secondary N) is 1. The average Bonchev–Trinajstić information content (AvgIpc) is 3.17. The third kappa shape index (κ3) is 4.96. The summed E-state index contributed by atoms with van der Waals surface area (Å²) in [7, 11) is 0. The average molecular weight is 482 g/mol. The van der Waals surface area contributed by atoms with Crippen LogP contribution in [0.5, 0.6) is 0 Å². The number of carbonyl (C=O) groups is 1. The molecule has 0 saturated carbocycles. The molecule has 190 valence electrons. The SMILES string of the molecule is Cc1cc2cnc(NC(=O)[C@@H]3CCOC(C)(C)C3)cc2cc1C1CCN([C@@]2(C)COC[C@H]2O)CC1. The molecule has 0 spiro atoms. The number of amides is 1. The predicted molar refractivity (Wildman–Crippen MR) is 137 cm³/mol. The molecule has 0 unspecified atom stereocenters. The van der Waals surface area contributed by atoms with Crippen molar-refractivity contribution in [3.63, 3.8) is 0 Å². The molecule has 0 aliphatic carbocycles. The van der Waals surface area contributed by atoms with Crippen molar-refractivity contribution in [1.82, 2.24) is 9.88 Å². The number of anilines is 1. The second-order valence-electron chi connectivity index (χ2n) is 11.6. The summed E-state index contributed by atoms with van der Waals surface area (Å²) in [5.74, 6) is 1.06. The fourth-order valence-electron chi connectivity index (χ4n) is 6.17. The van der Waals surface area contributed by atoms with E-state index in [9.17, 15) is 9.90 Å². The monoisotopic (exact) mass is 481 g/mol. The molecule has 0 radical (unpaired) electrons. The number of benzene rings is 1. The third-order valence-electron chi connectivity index (χ3n) is 8.47. The number of hydrogen-bond acceptors (Lipinski definition) is 6. The van der Waals surface area contributed by atoms with Gasteiger partial charge in [0.2, 0.25) is 5.91 Å². The second kappa shape index (κ2) is 9.43. The number of aliphatic hydroxyl groups is 1. The zero-order valence-electron chi connectivity index (χ0n) is 21.5. The van der Waals surface area contributed by atoms with Crippen molar-refractivity contribution >= 4 is 22.5 Å². The summed E-state index contributed by atoms with van der Waals surface area (Å²) in [5.41, 5.74) is 2.12. The molecule has 1 aromatic carbocycles. The van der Waals surface area contributed by atoms with Crippen LogP contribution in [-0.2, 0) is 14.3 Å². The number of aromatic nitrogens is 1. The van der Waals surface area contributed by atoms with Gasteiger partial charge in [-0.05, 0) is 101 Å². The molecule has 5 rings (SSSR count). The minimum atomic E-state index is -0.421. The molecule has 1 aromatic heterocycles. The van der Waals surface area contributed by atoms with Gasteiger partial charge in [-0.1, -0.05) is 6.07 Å². The first-order chi connectivity index (χ1) is 16.6. The minimum absolute atomic E-state index is 0.0273. The quantitative estimate of drug-likeness (QED) is 0.686. The van der Waals surface area contributed by atoms with E-state index in [2.05, 4.69) is 41.2 Å². The zero-order chi connectivity index (χ0) is 24.8. The maximum atomic E-state index is 12.9. The van der Waals surface area contributed by atoms with Crippen LogP contribution in [0, 0.1) is 12.8 Å². The van der Waals surface area contributed by atoms with E-state index in [4.69, 9.17) is 9.47 Å². The Morgan fingerprint density at radius 3 is 2.60 bits per heavy atom.